The molecule has 0 unspecified atom stereocenters. The van der Waals surface area contributed by atoms with E-state index in [-0.39, 0.29) is 16.7 Å². The molecule has 2 fully saturated rings. The quantitative estimate of drug-likeness (QED) is 0.786. The molecule has 2 rings (SSSR count). The van der Waals surface area contributed by atoms with E-state index in [1.54, 1.807) is 0 Å². The first-order valence-electron chi connectivity index (χ1n) is 6.93. The molecule has 3 heteroatoms. The van der Waals surface area contributed by atoms with Crippen molar-refractivity contribution in [1.29, 1.82) is 0 Å². The third-order valence-electron chi connectivity index (χ3n) is 4.70. The van der Waals surface area contributed by atoms with Gasteiger partial charge in [0, 0.05) is 12.0 Å². The molecule has 1 heterocycles. The van der Waals surface area contributed by atoms with Crippen LogP contribution in [0.1, 0.15) is 46.5 Å². The molecule has 17 heavy (non-hydrogen) atoms. The summed E-state index contributed by atoms with van der Waals surface area (Å²) < 4.78 is 0. The highest BCUT2D eigenvalue weighted by atomic mass is 16.2. The van der Waals surface area contributed by atoms with E-state index in [9.17, 15) is 4.79 Å². The van der Waals surface area contributed by atoms with Crippen molar-refractivity contribution in [3.8, 4) is 0 Å². The van der Waals surface area contributed by atoms with Crippen LogP contribution in [-0.4, -0.2) is 25.5 Å². The molecule has 98 valence electrons. The molecule has 0 spiro atoms. The SMILES string of the molecule is CC1(C(=O)NCC(C)(C)C2CCNCC2)CC1. The highest BCUT2D eigenvalue weighted by Crippen LogP contribution is 2.45. The topological polar surface area (TPSA) is 41.1 Å². The number of nitrogens with one attached hydrogen (secondary N) is 2. The Morgan fingerprint density at radius 3 is 2.47 bits per heavy atom. The van der Waals surface area contributed by atoms with Gasteiger partial charge >= 0.3 is 0 Å². The number of amides is 1. The normalized spacial score (nSPS) is 24.4. The van der Waals surface area contributed by atoms with Gasteiger partial charge in [0.2, 0.25) is 5.91 Å². The second-order valence-corrected chi connectivity index (χ2v) is 6.76. The molecule has 1 amide bonds. The maximum absolute atomic E-state index is 11.9. The van der Waals surface area contributed by atoms with E-state index in [2.05, 4.69) is 31.4 Å². The van der Waals surface area contributed by atoms with Gasteiger partial charge in [-0.15, -0.1) is 0 Å². The molecule has 3 nitrogen and oxygen atoms in total. The average Bonchev–Trinajstić information content (AvgIpc) is 3.07. The number of hydrogen-bond donors (Lipinski definition) is 2. The van der Waals surface area contributed by atoms with E-state index in [1.807, 2.05) is 0 Å². The summed E-state index contributed by atoms with van der Waals surface area (Å²) in [5, 5.41) is 6.56. The minimum absolute atomic E-state index is 0.0375. The molecule has 0 aromatic rings. The zero-order valence-electron chi connectivity index (χ0n) is 11.4. The second kappa shape index (κ2) is 4.60. The Labute approximate surface area is 105 Å². The molecule has 1 saturated carbocycles. The van der Waals surface area contributed by atoms with Gasteiger partial charge < -0.3 is 10.6 Å². The lowest BCUT2D eigenvalue weighted by molar-refractivity contribution is -0.126. The van der Waals surface area contributed by atoms with Crippen molar-refractivity contribution in [3.05, 3.63) is 0 Å². The molecular formula is C14H26N2O. The first-order chi connectivity index (χ1) is 7.94. The van der Waals surface area contributed by atoms with Gasteiger partial charge in [-0.05, 0) is 50.1 Å². The Morgan fingerprint density at radius 2 is 1.94 bits per heavy atom. The highest BCUT2D eigenvalue weighted by molar-refractivity contribution is 5.84. The van der Waals surface area contributed by atoms with Crippen molar-refractivity contribution in [1.82, 2.24) is 10.6 Å². The van der Waals surface area contributed by atoms with Crippen LogP contribution < -0.4 is 10.6 Å². The van der Waals surface area contributed by atoms with Crippen molar-refractivity contribution in [2.45, 2.75) is 46.5 Å². The van der Waals surface area contributed by atoms with E-state index >= 15 is 0 Å². The largest absolute Gasteiger partial charge is 0.355 e. The average molecular weight is 238 g/mol. The lowest BCUT2D eigenvalue weighted by Crippen LogP contribution is -2.44. The maximum atomic E-state index is 11.9. The van der Waals surface area contributed by atoms with Crippen LogP contribution >= 0.6 is 0 Å². The van der Waals surface area contributed by atoms with Gasteiger partial charge in [0.25, 0.3) is 0 Å². The molecule has 1 saturated heterocycles. The fourth-order valence-electron chi connectivity index (χ4n) is 2.68. The molecule has 0 radical (unpaired) electrons. The molecule has 0 aromatic carbocycles. The summed E-state index contributed by atoms with van der Waals surface area (Å²) in [6.45, 7) is 9.72. The molecule has 0 atom stereocenters. The van der Waals surface area contributed by atoms with Crippen molar-refractivity contribution in [2.75, 3.05) is 19.6 Å². The fraction of sp³-hybridized carbons (Fsp3) is 0.929. The molecule has 2 aliphatic rings. The first kappa shape index (κ1) is 12.9. The van der Waals surface area contributed by atoms with Crippen molar-refractivity contribution in [2.24, 2.45) is 16.7 Å². The summed E-state index contributed by atoms with van der Waals surface area (Å²) in [6, 6.07) is 0. The van der Waals surface area contributed by atoms with Gasteiger partial charge in [-0.25, -0.2) is 0 Å². The number of rotatable bonds is 4. The predicted octanol–water partition coefficient (Wildman–Crippen LogP) is 1.93. The van der Waals surface area contributed by atoms with E-state index in [1.165, 1.54) is 12.8 Å². The van der Waals surface area contributed by atoms with Crippen LogP contribution in [0.2, 0.25) is 0 Å². The van der Waals surface area contributed by atoms with Crippen LogP contribution in [-0.2, 0) is 4.79 Å². The fourth-order valence-corrected chi connectivity index (χ4v) is 2.68. The van der Waals surface area contributed by atoms with Gasteiger partial charge in [-0.2, -0.15) is 0 Å². The summed E-state index contributed by atoms with van der Waals surface area (Å²) in [5.41, 5.74) is 0.188. The lowest BCUT2D eigenvalue weighted by Gasteiger charge is -2.37. The Morgan fingerprint density at radius 1 is 1.35 bits per heavy atom. The van der Waals surface area contributed by atoms with E-state index in [4.69, 9.17) is 0 Å². The van der Waals surface area contributed by atoms with Gasteiger partial charge in [0.15, 0.2) is 0 Å². The van der Waals surface area contributed by atoms with Crippen molar-refractivity contribution in [3.63, 3.8) is 0 Å². The maximum Gasteiger partial charge on any atom is 0.225 e. The number of hydrogen-bond acceptors (Lipinski definition) is 2. The summed E-state index contributed by atoms with van der Waals surface area (Å²) in [7, 11) is 0. The summed E-state index contributed by atoms with van der Waals surface area (Å²) in [4.78, 5) is 11.9. The molecule has 0 aromatic heterocycles. The molecule has 2 N–H and O–H groups in total. The Bertz CT molecular complexity index is 289. The summed E-state index contributed by atoms with van der Waals surface area (Å²) in [6.07, 6.45) is 4.60. The van der Waals surface area contributed by atoms with Gasteiger partial charge in [-0.3, -0.25) is 4.79 Å². The van der Waals surface area contributed by atoms with E-state index < -0.39 is 0 Å². The summed E-state index contributed by atoms with van der Waals surface area (Å²) in [5.74, 6) is 0.996. The lowest BCUT2D eigenvalue weighted by atomic mass is 9.74. The van der Waals surface area contributed by atoms with Crippen LogP contribution in [0.5, 0.6) is 0 Å². The van der Waals surface area contributed by atoms with Crippen LogP contribution in [0.25, 0.3) is 0 Å². The Kier molecular flexibility index (Phi) is 3.48. The highest BCUT2D eigenvalue weighted by Gasteiger charge is 2.45. The molecule has 0 bridgehead atoms. The zero-order valence-corrected chi connectivity index (χ0v) is 11.4. The molecular weight excluding hydrogens is 212 g/mol. The van der Waals surface area contributed by atoms with Crippen LogP contribution in [0, 0.1) is 16.7 Å². The van der Waals surface area contributed by atoms with Gasteiger partial charge in [0.1, 0.15) is 0 Å². The van der Waals surface area contributed by atoms with Crippen LogP contribution in [0.4, 0.5) is 0 Å². The summed E-state index contributed by atoms with van der Waals surface area (Å²) >= 11 is 0. The monoisotopic (exact) mass is 238 g/mol. The van der Waals surface area contributed by atoms with E-state index in [0.29, 0.717) is 0 Å². The minimum atomic E-state index is -0.0375. The van der Waals surface area contributed by atoms with Crippen molar-refractivity contribution >= 4 is 5.91 Å². The predicted molar refractivity (Wildman–Crippen MR) is 69.7 cm³/mol. The zero-order chi connectivity index (χ0) is 12.5. The minimum Gasteiger partial charge on any atom is -0.355 e. The third-order valence-corrected chi connectivity index (χ3v) is 4.70. The molecule has 1 aliphatic carbocycles. The van der Waals surface area contributed by atoms with Crippen LogP contribution in [0.15, 0.2) is 0 Å². The number of carbonyl (C=O) groups is 1. The van der Waals surface area contributed by atoms with Gasteiger partial charge in [0.05, 0.1) is 0 Å². The molecule has 1 aliphatic heterocycles. The number of carbonyl (C=O) groups excluding carboxylic acids is 1. The first-order valence-corrected chi connectivity index (χ1v) is 6.93. The Balaban J connectivity index is 1.81. The second-order valence-electron chi connectivity index (χ2n) is 6.76. The standard InChI is InChI=1S/C14H26N2O/c1-13(2,11-4-8-15-9-5-11)10-16-12(17)14(3)6-7-14/h11,15H,4-10H2,1-3H3,(H,16,17). The third kappa shape index (κ3) is 3.01. The smallest absolute Gasteiger partial charge is 0.225 e. The van der Waals surface area contributed by atoms with Crippen molar-refractivity contribution < 1.29 is 4.79 Å². The van der Waals surface area contributed by atoms with E-state index in [0.717, 1.165) is 38.4 Å². The van der Waals surface area contributed by atoms with Gasteiger partial charge in [-0.1, -0.05) is 20.8 Å². The van der Waals surface area contributed by atoms with Crippen LogP contribution in [0.3, 0.4) is 0 Å². The number of piperidine rings is 1. The Hall–Kier alpha value is -0.570.